The fourth-order valence-corrected chi connectivity index (χ4v) is 2.61. The van der Waals surface area contributed by atoms with Gasteiger partial charge in [-0.2, -0.15) is 0 Å². The van der Waals surface area contributed by atoms with E-state index in [-0.39, 0.29) is 5.91 Å². The Hall–Kier alpha value is -2.23. The Morgan fingerprint density at radius 1 is 1.30 bits per heavy atom. The molecular weight excluding hydrogens is 252 g/mol. The van der Waals surface area contributed by atoms with Gasteiger partial charge in [-0.15, -0.1) is 0 Å². The second kappa shape index (κ2) is 5.82. The van der Waals surface area contributed by atoms with E-state index < -0.39 is 0 Å². The van der Waals surface area contributed by atoms with Crippen LogP contribution in [0.4, 0.5) is 5.69 Å². The molecule has 0 bridgehead atoms. The van der Waals surface area contributed by atoms with Crippen molar-refractivity contribution in [2.75, 3.05) is 24.5 Å². The van der Waals surface area contributed by atoms with Crippen LogP contribution in [0, 0.1) is 5.92 Å². The van der Waals surface area contributed by atoms with Gasteiger partial charge in [-0.3, -0.25) is 4.79 Å². The molecule has 4 heteroatoms. The minimum Gasteiger partial charge on any atom is -0.472 e. The molecule has 1 fully saturated rings. The number of nitrogens with zero attached hydrogens (tertiary/aromatic N) is 1. The van der Waals surface area contributed by atoms with Crippen LogP contribution in [-0.4, -0.2) is 25.5 Å². The van der Waals surface area contributed by atoms with E-state index in [9.17, 15) is 4.79 Å². The summed E-state index contributed by atoms with van der Waals surface area (Å²) in [5, 5.41) is 2.97. The molecule has 1 aliphatic rings. The van der Waals surface area contributed by atoms with Crippen LogP contribution >= 0.6 is 0 Å². The first-order valence-electron chi connectivity index (χ1n) is 6.93. The monoisotopic (exact) mass is 270 g/mol. The molecule has 0 saturated carbocycles. The van der Waals surface area contributed by atoms with Crippen molar-refractivity contribution in [2.24, 2.45) is 5.92 Å². The number of rotatable bonds is 4. The molecule has 104 valence electrons. The summed E-state index contributed by atoms with van der Waals surface area (Å²) in [6.07, 6.45) is 4.10. The Bertz CT molecular complexity index is 551. The second-order valence-corrected chi connectivity index (χ2v) is 5.16. The summed E-state index contributed by atoms with van der Waals surface area (Å²) >= 11 is 0. The normalized spacial score (nSPS) is 18.2. The molecule has 1 aromatic heterocycles. The number of benzene rings is 1. The van der Waals surface area contributed by atoms with Crippen LogP contribution in [0.1, 0.15) is 16.8 Å². The molecule has 1 N–H and O–H groups in total. The number of carbonyl (C=O) groups is 1. The lowest BCUT2D eigenvalue weighted by atomic mass is 10.1. The number of anilines is 1. The van der Waals surface area contributed by atoms with Gasteiger partial charge in [-0.05, 0) is 30.5 Å². The summed E-state index contributed by atoms with van der Waals surface area (Å²) in [7, 11) is 0. The Kier molecular flexibility index (Phi) is 3.72. The molecular formula is C16H18N2O2. The van der Waals surface area contributed by atoms with Crippen LogP contribution in [0.2, 0.25) is 0 Å². The molecule has 1 saturated heterocycles. The molecule has 3 rings (SSSR count). The van der Waals surface area contributed by atoms with E-state index in [0.29, 0.717) is 18.0 Å². The Labute approximate surface area is 118 Å². The van der Waals surface area contributed by atoms with Gasteiger partial charge in [0, 0.05) is 25.3 Å². The van der Waals surface area contributed by atoms with Gasteiger partial charge < -0.3 is 14.6 Å². The highest BCUT2D eigenvalue weighted by molar-refractivity contribution is 5.93. The van der Waals surface area contributed by atoms with Crippen LogP contribution in [-0.2, 0) is 0 Å². The van der Waals surface area contributed by atoms with Crippen LogP contribution in [0.15, 0.2) is 53.3 Å². The molecule has 0 aliphatic carbocycles. The lowest BCUT2D eigenvalue weighted by Crippen LogP contribution is -2.30. The predicted molar refractivity (Wildman–Crippen MR) is 77.8 cm³/mol. The Balaban J connectivity index is 1.50. The number of furan rings is 1. The van der Waals surface area contributed by atoms with Crippen molar-refractivity contribution in [2.45, 2.75) is 6.42 Å². The molecule has 20 heavy (non-hydrogen) atoms. The van der Waals surface area contributed by atoms with Crippen molar-refractivity contribution in [1.82, 2.24) is 5.32 Å². The predicted octanol–water partition coefficient (Wildman–Crippen LogP) is 2.54. The maximum absolute atomic E-state index is 11.8. The van der Waals surface area contributed by atoms with E-state index >= 15 is 0 Å². The van der Waals surface area contributed by atoms with Crippen molar-refractivity contribution in [3.63, 3.8) is 0 Å². The fourth-order valence-electron chi connectivity index (χ4n) is 2.61. The van der Waals surface area contributed by atoms with Gasteiger partial charge in [0.1, 0.15) is 6.26 Å². The lowest BCUT2D eigenvalue weighted by molar-refractivity contribution is 0.0947. The summed E-state index contributed by atoms with van der Waals surface area (Å²) in [6.45, 7) is 2.76. The molecule has 1 atom stereocenters. The van der Waals surface area contributed by atoms with Crippen molar-refractivity contribution < 1.29 is 9.21 Å². The highest BCUT2D eigenvalue weighted by atomic mass is 16.3. The lowest BCUT2D eigenvalue weighted by Gasteiger charge is -2.18. The van der Waals surface area contributed by atoms with E-state index in [4.69, 9.17) is 4.42 Å². The molecule has 0 spiro atoms. The van der Waals surface area contributed by atoms with Crippen molar-refractivity contribution in [1.29, 1.82) is 0 Å². The fraction of sp³-hybridized carbons (Fsp3) is 0.312. The number of nitrogens with one attached hydrogen (secondary N) is 1. The van der Waals surface area contributed by atoms with Crippen LogP contribution < -0.4 is 10.2 Å². The first-order valence-corrected chi connectivity index (χ1v) is 6.93. The zero-order valence-corrected chi connectivity index (χ0v) is 11.3. The molecule has 2 aromatic rings. The largest absolute Gasteiger partial charge is 0.472 e. The number of carbonyl (C=O) groups excluding carboxylic acids is 1. The highest BCUT2D eigenvalue weighted by Gasteiger charge is 2.23. The molecule has 1 amide bonds. The van der Waals surface area contributed by atoms with E-state index in [1.807, 2.05) is 6.07 Å². The third-order valence-electron chi connectivity index (χ3n) is 3.74. The SMILES string of the molecule is O=C(NC[C@@H]1CCN(c2ccccc2)C1)c1ccoc1. The Morgan fingerprint density at radius 2 is 2.15 bits per heavy atom. The van der Waals surface area contributed by atoms with E-state index in [1.54, 1.807) is 6.07 Å². The number of hydrogen-bond donors (Lipinski definition) is 1. The summed E-state index contributed by atoms with van der Waals surface area (Å²) in [5.74, 6) is 0.447. The maximum Gasteiger partial charge on any atom is 0.254 e. The third-order valence-corrected chi connectivity index (χ3v) is 3.74. The minimum absolute atomic E-state index is 0.0584. The zero-order valence-electron chi connectivity index (χ0n) is 11.3. The number of para-hydroxylation sites is 1. The topological polar surface area (TPSA) is 45.5 Å². The van der Waals surface area contributed by atoms with Gasteiger partial charge in [0.2, 0.25) is 0 Å². The first-order chi connectivity index (χ1) is 9.83. The van der Waals surface area contributed by atoms with E-state index in [2.05, 4.69) is 34.5 Å². The first kappa shape index (κ1) is 12.8. The summed E-state index contributed by atoms with van der Waals surface area (Å²) < 4.78 is 4.91. The second-order valence-electron chi connectivity index (χ2n) is 5.16. The average Bonchev–Trinajstić information content (AvgIpc) is 3.17. The van der Waals surface area contributed by atoms with Crippen molar-refractivity contribution in [3.8, 4) is 0 Å². The van der Waals surface area contributed by atoms with Crippen LogP contribution in [0.25, 0.3) is 0 Å². The number of amides is 1. The van der Waals surface area contributed by atoms with Gasteiger partial charge in [-0.25, -0.2) is 0 Å². The molecule has 1 aromatic carbocycles. The molecule has 0 radical (unpaired) electrons. The van der Waals surface area contributed by atoms with Gasteiger partial charge in [0.25, 0.3) is 5.91 Å². The smallest absolute Gasteiger partial charge is 0.254 e. The van der Waals surface area contributed by atoms with Crippen LogP contribution in [0.5, 0.6) is 0 Å². The molecule has 0 unspecified atom stereocenters. The quantitative estimate of drug-likeness (QED) is 0.928. The molecule has 1 aliphatic heterocycles. The standard InChI is InChI=1S/C16H18N2O2/c19-16(14-7-9-20-12-14)17-10-13-6-8-18(11-13)15-4-2-1-3-5-15/h1-5,7,9,12-13H,6,8,10-11H2,(H,17,19)/t13-/m0/s1. The zero-order chi connectivity index (χ0) is 13.8. The average molecular weight is 270 g/mol. The van der Waals surface area contributed by atoms with Gasteiger partial charge in [-0.1, -0.05) is 18.2 Å². The van der Waals surface area contributed by atoms with Gasteiger partial charge in [0.05, 0.1) is 11.8 Å². The summed E-state index contributed by atoms with van der Waals surface area (Å²) in [6, 6.07) is 12.1. The van der Waals surface area contributed by atoms with Crippen LogP contribution in [0.3, 0.4) is 0 Å². The maximum atomic E-state index is 11.8. The highest BCUT2D eigenvalue weighted by Crippen LogP contribution is 2.22. The van der Waals surface area contributed by atoms with Gasteiger partial charge >= 0.3 is 0 Å². The minimum atomic E-state index is -0.0584. The van der Waals surface area contributed by atoms with Crippen molar-refractivity contribution >= 4 is 11.6 Å². The number of hydrogen-bond acceptors (Lipinski definition) is 3. The summed E-state index contributed by atoms with van der Waals surface area (Å²) in [4.78, 5) is 14.2. The Morgan fingerprint density at radius 3 is 2.90 bits per heavy atom. The van der Waals surface area contributed by atoms with Gasteiger partial charge in [0.15, 0.2) is 0 Å². The van der Waals surface area contributed by atoms with E-state index in [0.717, 1.165) is 19.5 Å². The summed E-state index contributed by atoms with van der Waals surface area (Å²) in [5.41, 5.74) is 1.85. The molecule has 4 nitrogen and oxygen atoms in total. The van der Waals surface area contributed by atoms with Crippen molar-refractivity contribution in [3.05, 3.63) is 54.5 Å². The third kappa shape index (κ3) is 2.85. The molecule has 2 heterocycles. The van der Waals surface area contributed by atoms with E-state index in [1.165, 1.54) is 18.2 Å².